The molecule has 2 nitrogen and oxygen atoms in total. The Bertz CT molecular complexity index is 1120. The maximum Gasteiger partial charge on any atom is 0.166 e. The van der Waals surface area contributed by atoms with Gasteiger partial charge in [-0.25, -0.2) is 13.2 Å². The summed E-state index contributed by atoms with van der Waals surface area (Å²) in [6, 6.07) is 15.1. The first kappa shape index (κ1) is 25.5. The van der Waals surface area contributed by atoms with Gasteiger partial charge in [-0.3, -0.25) is 0 Å². The summed E-state index contributed by atoms with van der Waals surface area (Å²) in [7, 11) is 0. The van der Waals surface area contributed by atoms with Crippen molar-refractivity contribution < 1.29 is 22.6 Å². The van der Waals surface area contributed by atoms with E-state index in [2.05, 4.69) is 6.92 Å². The van der Waals surface area contributed by atoms with Crippen LogP contribution in [0.3, 0.4) is 0 Å². The molecular weight excluding hydrogens is 449 g/mol. The molecule has 1 saturated heterocycles. The lowest BCUT2D eigenvalue weighted by molar-refractivity contribution is -0.190. The fraction of sp³-hybridized carbons (Fsp3) is 0.400. The number of unbranched alkanes of at least 4 members (excludes halogenated alkanes) is 4. The second-order valence-corrected chi connectivity index (χ2v) is 9.37. The highest BCUT2D eigenvalue weighted by molar-refractivity contribution is 5.71. The highest BCUT2D eigenvalue weighted by atomic mass is 19.2. The Hall–Kier alpha value is -2.63. The molecule has 0 saturated carbocycles. The predicted octanol–water partition coefficient (Wildman–Crippen LogP) is 8.56. The molecule has 1 fully saturated rings. The van der Waals surface area contributed by atoms with E-state index in [0.717, 1.165) is 18.4 Å². The molecule has 0 atom stereocenters. The molecular formula is C30H33F3O2. The van der Waals surface area contributed by atoms with Crippen LogP contribution in [0.4, 0.5) is 13.2 Å². The molecule has 186 valence electrons. The van der Waals surface area contributed by atoms with Crippen LogP contribution in [0.15, 0.2) is 54.6 Å². The molecule has 0 N–H and O–H groups in total. The lowest BCUT2D eigenvalue weighted by atomic mass is 9.95. The molecule has 0 aliphatic carbocycles. The fourth-order valence-corrected chi connectivity index (χ4v) is 4.53. The monoisotopic (exact) mass is 482 g/mol. The summed E-state index contributed by atoms with van der Waals surface area (Å²) in [5.74, 6) is -2.05. The van der Waals surface area contributed by atoms with Crippen molar-refractivity contribution in [3.05, 3.63) is 83.2 Å². The van der Waals surface area contributed by atoms with Crippen molar-refractivity contribution in [2.75, 3.05) is 13.2 Å². The van der Waals surface area contributed by atoms with Crippen LogP contribution in [0.25, 0.3) is 22.3 Å². The van der Waals surface area contributed by atoms with Crippen molar-refractivity contribution >= 4 is 0 Å². The van der Waals surface area contributed by atoms with Gasteiger partial charge < -0.3 is 9.47 Å². The third kappa shape index (κ3) is 6.14. The van der Waals surface area contributed by atoms with Crippen LogP contribution in [0.2, 0.25) is 0 Å². The number of hydrogen-bond acceptors (Lipinski definition) is 2. The SMILES string of the molecule is CCCCCCCC1OCC(c2ccc(-c3ccc(-c4ccc(C)c(F)c4F)cc3)c(F)c2)CO1. The maximum absolute atomic E-state index is 15.0. The van der Waals surface area contributed by atoms with E-state index in [9.17, 15) is 8.78 Å². The molecule has 35 heavy (non-hydrogen) atoms. The van der Waals surface area contributed by atoms with E-state index in [1.807, 2.05) is 6.07 Å². The zero-order chi connectivity index (χ0) is 24.8. The molecule has 1 aliphatic heterocycles. The van der Waals surface area contributed by atoms with E-state index in [-0.39, 0.29) is 29.2 Å². The third-order valence-corrected chi connectivity index (χ3v) is 6.76. The summed E-state index contributed by atoms with van der Waals surface area (Å²) in [6.45, 7) is 4.77. The van der Waals surface area contributed by atoms with Crippen molar-refractivity contribution in [3.63, 3.8) is 0 Å². The third-order valence-electron chi connectivity index (χ3n) is 6.76. The van der Waals surface area contributed by atoms with Crippen LogP contribution in [0, 0.1) is 24.4 Å². The van der Waals surface area contributed by atoms with Gasteiger partial charge in [0.1, 0.15) is 5.82 Å². The molecule has 0 bridgehead atoms. The average Bonchev–Trinajstić information content (AvgIpc) is 2.88. The van der Waals surface area contributed by atoms with Crippen molar-refractivity contribution in [1.29, 1.82) is 0 Å². The summed E-state index contributed by atoms with van der Waals surface area (Å²) < 4.78 is 55.1. The van der Waals surface area contributed by atoms with Gasteiger partial charge >= 0.3 is 0 Å². The Morgan fingerprint density at radius 2 is 1.37 bits per heavy atom. The molecule has 0 radical (unpaired) electrons. The quantitative estimate of drug-likeness (QED) is 0.284. The molecule has 0 amide bonds. The number of rotatable bonds is 9. The molecule has 0 spiro atoms. The molecule has 1 heterocycles. The summed E-state index contributed by atoms with van der Waals surface area (Å²) in [5, 5.41) is 0. The molecule has 4 rings (SSSR count). The zero-order valence-electron chi connectivity index (χ0n) is 20.5. The van der Waals surface area contributed by atoms with Crippen molar-refractivity contribution in [1.82, 2.24) is 0 Å². The number of aryl methyl sites for hydroxylation is 1. The molecule has 3 aromatic rings. The van der Waals surface area contributed by atoms with Crippen LogP contribution in [0.5, 0.6) is 0 Å². The second-order valence-electron chi connectivity index (χ2n) is 9.37. The van der Waals surface area contributed by atoms with Crippen LogP contribution in [0.1, 0.15) is 62.5 Å². The molecule has 5 heteroatoms. The van der Waals surface area contributed by atoms with Gasteiger partial charge in [-0.05, 0) is 48.1 Å². The minimum atomic E-state index is -0.871. The number of hydrogen-bond donors (Lipinski definition) is 0. The lowest BCUT2D eigenvalue weighted by Crippen LogP contribution is -2.30. The molecule has 0 unspecified atom stereocenters. The minimum Gasteiger partial charge on any atom is -0.352 e. The summed E-state index contributed by atoms with van der Waals surface area (Å²) >= 11 is 0. The first-order valence-corrected chi connectivity index (χ1v) is 12.6. The van der Waals surface area contributed by atoms with E-state index in [1.54, 1.807) is 48.5 Å². The Morgan fingerprint density at radius 1 is 0.743 bits per heavy atom. The number of benzene rings is 3. The number of halogens is 3. The van der Waals surface area contributed by atoms with Crippen molar-refractivity contribution in [2.45, 2.75) is 64.6 Å². The zero-order valence-corrected chi connectivity index (χ0v) is 20.5. The first-order valence-electron chi connectivity index (χ1n) is 12.6. The van der Waals surface area contributed by atoms with Crippen LogP contribution in [-0.4, -0.2) is 19.5 Å². The maximum atomic E-state index is 15.0. The smallest absolute Gasteiger partial charge is 0.166 e. The van der Waals surface area contributed by atoms with Gasteiger partial charge in [0.25, 0.3) is 0 Å². The predicted molar refractivity (Wildman–Crippen MR) is 134 cm³/mol. The lowest BCUT2D eigenvalue weighted by Gasteiger charge is -2.30. The van der Waals surface area contributed by atoms with E-state index in [4.69, 9.17) is 9.47 Å². The summed E-state index contributed by atoms with van der Waals surface area (Å²) in [4.78, 5) is 0. The fourth-order valence-electron chi connectivity index (χ4n) is 4.53. The van der Waals surface area contributed by atoms with E-state index < -0.39 is 11.6 Å². The average molecular weight is 483 g/mol. The normalized spacial score (nSPS) is 18.1. The van der Waals surface area contributed by atoms with Gasteiger partial charge in [-0.2, -0.15) is 0 Å². The van der Waals surface area contributed by atoms with Crippen LogP contribution < -0.4 is 0 Å². The molecule has 0 aromatic heterocycles. The number of ether oxygens (including phenoxy) is 2. The van der Waals surface area contributed by atoms with E-state index >= 15 is 4.39 Å². The van der Waals surface area contributed by atoms with Crippen molar-refractivity contribution in [2.24, 2.45) is 0 Å². The summed E-state index contributed by atoms with van der Waals surface area (Å²) in [5.41, 5.74) is 2.97. The standard InChI is InChI=1S/C30H33F3O2/c1-3-4-5-6-7-8-28-34-18-24(19-35-28)23-14-16-25(27(31)17-23)21-10-12-22(13-11-21)26-15-9-20(2)29(32)30(26)33/h9-17,24,28H,3-8,18-19H2,1-2H3. The van der Waals surface area contributed by atoms with Gasteiger partial charge in [0.15, 0.2) is 17.9 Å². The van der Waals surface area contributed by atoms with E-state index in [1.165, 1.54) is 32.6 Å². The first-order chi connectivity index (χ1) is 17.0. The Morgan fingerprint density at radius 3 is 2.03 bits per heavy atom. The highest BCUT2D eigenvalue weighted by Gasteiger charge is 2.24. The molecule has 1 aliphatic rings. The van der Waals surface area contributed by atoms with E-state index in [0.29, 0.717) is 29.9 Å². The van der Waals surface area contributed by atoms with Gasteiger partial charge in [0.05, 0.1) is 13.2 Å². The van der Waals surface area contributed by atoms with Gasteiger partial charge in [-0.15, -0.1) is 0 Å². The topological polar surface area (TPSA) is 18.5 Å². The minimum absolute atomic E-state index is 0.00308. The molecule has 3 aromatic carbocycles. The van der Waals surface area contributed by atoms with Gasteiger partial charge in [0, 0.05) is 17.0 Å². The Labute approximate surface area is 206 Å². The van der Waals surface area contributed by atoms with Crippen LogP contribution >= 0.6 is 0 Å². The second kappa shape index (κ2) is 11.9. The van der Waals surface area contributed by atoms with Crippen LogP contribution in [-0.2, 0) is 9.47 Å². The Kier molecular flexibility index (Phi) is 8.64. The van der Waals surface area contributed by atoms with Gasteiger partial charge in [0.2, 0.25) is 0 Å². The largest absolute Gasteiger partial charge is 0.352 e. The van der Waals surface area contributed by atoms with Gasteiger partial charge in [-0.1, -0.05) is 81.1 Å². The van der Waals surface area contributed by atoms with Crippen molar-refractivity contribution in [3.8, 4) is 22.3 Å². The Balaban J connectivity index is 1.38. The summed E-state index contributed by atoms with van der Waals surface area (Å²) in [6.07, 6.45) is 6.79. The highest BCUT2D eigenvalue weighted by Crippen LogP contribution is 2.32.